The van der Waals surface area contributed by atoms with Crippen molar-refractivity contribution in [1.29, 1.82) is 0 Å². The highest BCUT2D eigenvalue weighted by atomic mass is 32.2. The Morgan fingerprint density at radius 3 is 1.80 bits per heavy atom. The Morgan fingerprint density at radius 1 is 0.743 bits per heavy atom. The molecule has 0 heterocycles. The Balaban J connectivity index is 0.00000142. The largest absolute Gasteiger partial charge is 0.490 e. The van der Waals surface area contributed by atoms with Gasteiger partial charge in [-0.1, -0.05) is 0 Å². The van der Waals surface area contributed by atoms with Gasteiger partial charge in [-0.3, -0.25) is 4.55 Å². The number of benzene rings is 2. The molecule has 2 rings (SSSR count). The van der Waals surface area contributed by atoms with E-state index in [9.17, 15) is 27.6 Å². The van der Waals surface area contributed by atoms with Gasteiger partial charge >= 0.3 is 23.9 Å². The van der Waals surface area contributed by atoms with Gasteiger partial charge in [0.2, 0.25) is 0 Å². The maximum atomic E-state index is 12.3. The van der Waals surface area contributed by atoms with Crippen LogP contribution in [0.1, 0.15) is 41.4 Å². The van der Waals surface area contributed by atoms with Crippen molar-refractivity contribution < 1.29 is 67.2 Å². The second-order valence-corrected chi connectivity index (χ2v) is 7.66. The van der Waals surface area contributed by atoms with E-state index >= 15 is 0 Å². The van der Waals surface area contributed by atoms with E-state index in [0.29, 0.717) is 12.1 Å². The highest BCUT2D eigenvalue weighted by Crippen LogP contribution is 2.22. The number of hydrogen-bond donors (Lipinski definition) is 6. The predicted molar refractivity (Wildman–Crippen MR) is 113 cm³/mol. The van der Waals surface area contributed by atoms with E-state index in [-0.39, 0.29) is 36.7 Å². The number of carboxylic acids is 2. The number of carbonyl (C=O) groups is 4. The first-order valence-corrected chi connectivity index (χ1v) is 10.7. The summed E-state index contributed by atoms with van der Waals surface area (Å²) in [6.07, 6.45) is 0. The van der Waals surface area contributed by atoms with Crippen molar-refractivity contribution in [3.63, 3.8) is 0 Å². The molecule has 0 atom stereocenters. The molecule has 2 aromatic rings. The maximum Gasteiger partial charge on any atom is 0.346 e. The molecule has 0 fully saturated rings. The van der Waals surface area contributed by atoms with E-state index < -0.39 is 56.6 Å². The molecule has 0 aliphatic rings. The van der Waals surface area contributed by atoms with Gasteiger partial charge in [0.05, 0.1) is 41.4 Å². The van der Waals surface area contributed by atoms with Crippen LogP contribution in [0.15, 0.2) is 41.3 Å². The summed E-state index contributed by atoms with van der Waals surface area (Å²) >= 11 is 0. The monoisotopic (exact) mass is 516 g/mol. The maximum absolute atomic E-state index is 12.3. The van der Waals surface area contributed by atoms with Gasteiger partial charge in [0.1, 0.15) is 17.9 Å². The van der Waals surface area contributed by atoms with Crippen molar-refractivity contribution in [2.24, 2.45) is 0 Å². The first-order valence-electron chi connectivity index (χ1n) is 9.30. The van der Waals surface area contributed by atoms with Crippen LogP contribution >= 0.6 is 0 Å². The van der Waals surface area contributed by atoms with Crippen LogP contribution in [-0.2, 0) is 14.9 Å². The molecule has 0 amide bonds. The molecule has 0 saturated heterocycles. The quantitative estimate of drug-likeness (QED) is 0.142. The van der Waals surface area contributed by atoms with Crippen LogP contribution in [-0.4, -0.2) is 88.8 Å². The molecular weight excluding hydrogens is 496 g/mol. The number of aliphatic hydroxyl groups is 3. The fraction of sp³-hybridized carbons (Fsp3) is 0.200. The lowest BCUT2D eigenvalue weighted by Crippen LogP contribution is -2.15. The van der Waals surface area contributed by atoms with E-state index in [0.717, 1.165) is 24.3 Å². The minimum atomic E-state index is -4.87. The first kappa shape index (κ1) is 29.1. The molecule has 0 radical (unpaired) electrons. The smallest absolute Gasteiger partial charge is 0.346 e. The van der Waals surface area contributed by atoms with E-state index in [1.54, 1.807) is 0 Å². The summed E-state index contributed by atoms with van der Waals surface area (Å²) in [5.74, 6) is -6.00. The van der Waals surface area contributed by atoms with E-state index in [1.165, 1.54) is 0 Å². The number of ether oxygens (including phenoxy) is 2. The highest BCUT2D eigenvalue weighted by molar-refractivity contribution is 7.85. The molecule has 0 aromatic heterocycles. The minimum Gasteiger partial charge on any atom is -0.490 e. The summed E-state index contributed by atoms with van der Waals surface area (Å²) in [4.78, 5) is 45.9. The molecule has 0 saturated carbocycles. The van der Waals surface area contributed by atoms with Gasteiger partial charge in [0.25, 0.3) is 10.1 Å². The molecule has 0 aliphatic carbocycles. The first-order chi connectivity index (χ1) is 16.3. The molecule has 0 aliphatic heterocycles. The molecule has 35 heavy (non-hydrogen) atoms. The number of carboxylic acid groups (broad SMARTS) is 2. The van der Waals surface area contributed by atoms with Gasteiger partial charge in [-0.2, -0.15) is 8.42 Å². The SMILES string of the molecule is O=C(O)c1cc(C(=O)OC(=O)c2ccc(C(=O)O)c(OCCO)c2)cc(S(=O)(=O)O)c1.OCCO. The summed E-state index contributed by atoms with van der Waals surface area (Å²) in [6.45, 7) is -0.972. The number of aromatic carboxylic acids is 2. The summed E-state index contributed by atoms with van der Waals surface area (Å²) in [6, 6.07) is 4.91. The van der Waals surface area contributed by atoms with Gasteiger partial charge in [-0.25, -0.2) is 19.2 Å². The van der Waals surface area contributed by atoms with Crippen molar-refractivity contribution >= 4 is 34.0 Å². The lowest BCUT2D eigenvalue weighted by molar-refractivity contribution is 0.0396. The van der Waals surface area contributed by atoms with Crippen LogP contribution in [0.5, 0.6) is 5.75 Å². The fourth-order valence-corrected chi connectivity index (χ4v) is 2.84. The average molecular weight is 516 g/mol. The lowest BCUT2D eigenvalue weighted by Gasteiger charge is -2.10. The fourth-order valence-electron chi connectivity index (χ4n) is 2.29. The van der Waals surface area contributed by atoms with Crippen molar-refractivity contribution in [2.45, 2.75) is 4.90 Å². The number of hydrogen-bond acceptors (Lipinski definition) is 11. The van der Waals surface area contributed by atoms with E-state index in [1.807, 2.05) is 0 Å². The lowest BCUT2D eigenvalue weighted by atomic mass is 10.1. The van der Waals surface area contributed by atoms with Gasteiger partial charge in [0.15, 0.2) is 0 Å². The molecule has 15 heteroatoms. The van der Waals surface area contributed by atoms with Crippen LogP contribution in [0.4, 0.5) is 0 Å². The normalized spacial score (nSPS) is 10.5. The third-order valence-corrected chi connectivity index (χ3v) is 4.60. The van der Waals surface area contributed by atoms with Gasteiger partial charge in [0, 0.05) is 0 Å². The van der Waals surface area contributed by atoms with Crippen LogP contribution in [0.25, 0.3) is 0 Å². The summed E-state index contributed by atoms with van der Waals surface area (Å²) in [7, 11) is -4.87. The second kappa shape index (κ2) is 13.1. The Labute approximate surface area is 197 Å². The predicted octanol–water partition coefficient (Wildman–Crippen LogP) is -0.331. The van der Waals surface area contributed by atoms with Crippen LogP contribution in [0, 0.1) is 0 Å². The van der Waals surface area contributed by atoms with Crippen molar-refractivity contribution in [1.82, 2.24) is 0 Å². The van der Waals surface area contributed by atoms with Crippen LogP contribution in [0.2, 0.25) is 0 Å². The number of carbonyl (C=O) groups excluding carboxylic acids is 2. The Kier molecular flexibility index (Phi) is 10.9. The van der Waals surface area contributed by atoms with Crippen molar-refractivity contribution in [2.75, 3.05) is 26.4 Å². The molecule has 0 bridgehead atoms. The van der Waals surface area contributed by atoms with Crippen LogP contribution < -0.4 is 4.74 Å². The van der Waals surface area contributed by atoms with E-state index in [2.05, 4.69) is 4.74 Å². The molecule has 2 aromatic carbocycles. The molecular formula is C20H20O14S. The van der Waals surface area contributed by atoms with Gasteiger partial charge in [-0.05, 0) is 36.4 Å². The molecule has 0 unspecified atom stereocenters. The second-order valence-electron chi connectivity index (χ2n) is 6.24. The molecule has 14 nitrogen and oxygen atoms in total. The number of rotatable bonds is 9. The third kappa shape index (κ3) is 8.76. The summed E-state index contributed by atoms with van der Waals surface area (Å²) < 4.78 is 41.3. The topological polar surface area (TPSA) is 242 Å². The van der Waals surface area contributed by atoms with Crippen molar-refractivity contribution in [3.8, 4) is 5.75 Å². The Morgan fingerprint density at radius 2 is 1.31 bits per heavy atom. The Bertz CT molecular complexity index is 1200. The van der Waals surface area contributed by atoms with E-state index in [4.69, 9.17) is 34.8 Å². The number of aliphatic hydroxyl groups excluding tert-OH is 3. The van der Waals surface area contributed by atoms with Crippen molar-refractivity contribution in [3.05, 3.63) is 58.7 Å². The zero-order valence-corrected chi connectivity index (χ0v) is 18.5. The summed E-state index contributed by atoms with van der Waals surface area (Å²) in [5, 5.41) is 42.2. The zero-order valence-electron chi connectivity index (χ0n) is 17.7. The molecule has 0 spiro atoms. The van der Waals surface area contributed by atoms with Gasteiger partial charge < -0.3 is 35.0 Å². The summed E-state index contributed by atoms with van der Waals surface area (Å²) in [5.41, 5.74) is -1.97. The number of esters is 2. The average Bonchev–Trinajstić information content (AvgIpc) is 2.81. The van der Waals surface area contributed by atoms with Crippen LogP contribution in [0.3, 0.4) is 0 Å². The third-order valence-electron chi connectivity index (χ3n) is 3.77. The minimum absolute atomic E-state index is 0.125. The van der Waals surface area contributed by atoms with Gasteiger partial charge in [-0.15, -0.1) is 0 Å². The standard InChI is InChI=1S/C18H14O12S.C2H6O2/c19-3-4-29-14-8-9(1-2-13(14)16(22)23)17(24)30-18(25)11-5-10(15(20)21)6-12(7-11)31(26,27)28;3-1-2-4/h1-2,5-8,19H,3-4H2,(H,20,21)(H,22,23)(H,26,27,28);3-4H,1-2H2. The molecule has 6 N–H and O–H groups in total. The highest BCUT2D eigenvalue weighted by Gasteiger charge is 2.22. The molecule has 190 valence electrons. The Hall–Kier alpha value is -3.89. The zero-order chi connectivity index (χ0) is 26.8.